The average Bonchev–Trinajstić information content (AvgIpc) is 2.39. The SMILES string of the molecule is O=C(CS(=O)c1ccccc1)c1ccc(F)cc1F. The van der Waals surface area contributed by atoms with Gasteiger partial charge in [-0.3, -0.25) is 9.00 Å². The number of halogens is 2. The molecule has 0 heterocycles. The van der Waals surface area contributed by atoms with E-state index in [4.69, 9.17) is 0 Å². The van der Waals surface area contributed by atoms with Gasteiger partial charge in [0.2, 0.25) is 0 Å². The first kappa shape index (κ1) is 13.5. The average molecular weight is 280 g/mol. The van der Waals surface area contributed by atoms with Crippen LogP contribution in [0.4, 0.5) is 8.78 Å². The van der Waals surface area contributed by atoms with E-state index in [0.717, 1.165) is 12.1 Å². The second kappa shape index (κ2) is 5.84. The molecular formula is C14H10F2O2S. The highest BCUT2D eigenvalue weighted by Crippen LogP contribution is 2.13. The molecule has 0 N–H and O–H groups in total. The number of Topliss-reactive ketones (excluding diaryl/α,β-unsaturated/α-hetero) is 1. The predicted octanol–water partition coefficient (Wildman–Crippen LogP) is 2.96. The number of carbonyl (C=O) groups is 1. The molecule has 2 aromatic carbocycles. The minimum Gasteiger partial charge on any atom is -0.293 e. The molecule has 0 fully saturated rings. The lowest BCUT2D eigenvalue weighted by molar-refractivity contribution is 0.101. The number of hydrogen-bond donors (Lipinski definition) is 0. The summed E-state index contributed by atoms with van der Waals surface area (Å²) in [7, 11) is -1.54. The predicted molar refractivity (Wildman–Crippen MR) is 68.4 cm³/mol. The Balaban J connectivity index is 2.15. The molecule has 0 bridgehead atoms. The van der Waals surface area contributed by atoms with Gasteiger partial charge in [0.15, 0.2) is 5.78 Å². The molecular weight excluding hydrogens is 270 g/mol. The third-order valence-corrected chi connectivity index (χ3v) is 3.82. The molecule has 0 aliphatic rings. The highest BCUT2D eigenvalue weighted by molar-refractivity contribution is 7.85. The van der Waals surface area contributed by atoms with Crippen LogP contribution in [0.25, 0.3) is 0 Å². The van der Waals surface area contributed by atoms with Crippen molar-refractivity contribution in [2.75, 3.05) is 5.75 Å². The zero-order valence-corrected chi connectivity index (χ0v) is 10.6. The van der Waals surface area contributed by atoms with Gasteiger partial charge in [0.25, 0.3) is 0 Å². The van der Waals surface area contributed by atoms with Crippen LogP contribution < -0.4 is 0 Å². The van der Waals surface area contributed by atoms with Crippen molar-refractivity contribution >= 4 is 16.6 Å². The fourth-order valence-electron chi connectivity index (χ4n) is 1.57. The Hall–Kier alpha value is -1.88. The van der Waals surface area contributed by atoms with Crippen LogP contribution in [0.2, 0.25) is 0 Å². The summed E-state index contributed by atoms with van der Waals surface area (Å²) < 4.78 is 38.0. The first-order valence-electron chi connectivity index (χ1n) is 5.49. The molecule has 0 aliphatic carbocycles. The first-order chi connectivity index (χ1) is 9.08. The van der Waals surface area contributed by atoms with E-state index in [9.17, 15) is 17.8 Å². The van der Waals surface area contributed by atoms with Crippen LogP contribution in [0.1, 0.15) is 10.4 Å². The Morgan fingerprint density at radius 2 is 1.74 bits per heavy atom. The van der Waals surface area contributed by atoms with E-state index in [1.807, 2.05) is 0 Å². The quantitative estimate of drug-likeness (QED) is 0.807. The van der Waals surface area contributed by atoms with E-state index in [-0.39, 0.29) is 11.3 Å². The third kappa shape index (κ3) is 3.32. The van der Waals surface area contributed by atoms with Gasteiger partial charge in [-0.25, -0.2) is 8.78 Å². The number of carbonyl (C=O) groups excluding carboxylic acids is 1. The molecule has 1 atom stereocenters. The van der Waals surface area contributed by atoms with Gasteiger partial charge in [0, 0.05) is 11.0 Å². The second-order valence-electron chi connectivity index (χ2n) is 3.85. The van der Waals surface area contributed by atoms with Crippen molar-refractivity contribution in [3.8, 4) is 0 Å². The minimum absolute atomic E-state index is 0.245. The molecule has 1 unspecified atom stereocenters. The lowest BCUT2D eigenvalue weighted by atomic mass is 10.1. The van der Waals surface area contributed by atoms with E-state index < -0.39 is 28.2 Å². The zero-order valence-electron chi connectivity index (χ0n) is 9.81. The summed E-state index contributed by atoms with van der Waals surface area (Å²) >= 11 is 0. The molecule has 0 spiro atoms. The number of hydrogen-bond acceptors (Lipinski definition) is 2. The molecule has 5 heteroatoms. The molecule has 0 saturated heterocycles. The molecule has 0 aromatic heterocycles. The van der Waals surface area contributed by atoms with Crippen LogP contribution >= 0.6 is 0 Å². The molecule has 2 rings (SSSR count). The van der Waals surface area contributed by atoms with Crippen LogP contribution in [0, 0.1) is 11.6 Å². The van der Waals surface area contributed by atoms with Crippen molar-refractivity contribution in [2.45, 2.75) is 4.90 Å². The number of benzene rings is 2. The first-order valence-corrected chi connectivity index (χ1v) is 6.81. The Labute approximate surface area is 111 Å². The maximum atomic E-state index is 13.4. The molecule has 19 heavy (non-hydrogen) atoms. The topological polar surface area (TPSA) is 34.1 Å². The summed E-state index contributed by atoms with van der Waals surface area (Å²) in [5, 5.41) is 0. The van der Waals surface area contributed by atoms with Gasteiger partial charge in [-0.1, -0.05) is 18.2 Å². The smallest absolute Gasteiger partial charge is 0.178 e. The van der Waals surface area contributed by atoms with Gasteiger partial charge >= 0.3 is 0 Å². The van der Waals surface area contributed by atoms with Crippen molar-refractivity contribution in [3.63, 3.8) is 0 Å². The summed E-state index contributed by atoms with van der Waals surface area (Å²) in [5.41, 5.74) is -0.245. The van der Waals surface area contributed by atoms with Crippen LogP contribution in [-0.2, 0) is 10.8 Å². The van der Waals surface area contributed by atoms with Gasteiger partial charge < -0.3 is 0 Å². The van der Waals surface area contributed by atoms with Gasteiger partial charge in [0.1, 0.15) is 11.6 Å². The molecule has 0 radical (unpaired) electrons. The maximum Gasteiger partial charge on any atom is 0.178 e. The van der Waals surface area contributed by atoms with Crippen molar-refractivity contribution in [1.29, 1.82) is 0 Å². The van der Waals surface area contributed by atoms with Crippen LogP contribution in [-0.4, -0.2) is 15.7 Å². The van der Waals surface area contributed by atoms with Crippen molar-refractivity contribution in [1.82, 2.24) is 0 Å². The fourth-order valence-corrected chi connectivity index (χ4v) is 2.59. The highest BCUT2D eigenvalue weighted by Gasteiger charge is 2.16. The van der Waals surface area contributed by atoms with E-state index in [1.165, 1.54) is 0 Å². The van der Waals surface area contributed by atoms with Crippen molar-refractivity contribution < 1.29 is 17.8 Å². The fraction of sp³-hybridized carbons (Fsp3) is 0.0714. The van der Waals surface area contributed by atoms with E-state index in [0.29, 0.717) is 11.0 Å². The highest BCUT2D eigenvalue weighted by atomic mass is 32.2. The standard InChI is InChI=1S/C14H10F2O2S/c15-10-6-7-12(13(16)8-10)14(17)9-19(18)11-4-2-1-3-5-11/h1-8H,9H2. The largest absolute Gasteiger partial charge is 0.293 e. The normalized spacial score (nSPS) is 12.1. The Morgan fingerprint density at radius 3 is 2.37 bits per heavy atom. The van der Waals surface area contributed by atoms with Gasteiger partial charge in [-0.15, -0.1) is 0 Å². The van der Waals surface area contributed by atoms with Crippen LogP contribution in [0.15, 0.2) is 53.4 Å². The Morgan fingerprint density at radius 1 is 1.05 bits per heavy atom. The van der Waals surface area contributed by atoms with E-state index >= 15 is 0 Å². The lowest BCUT2D eigenvalue weighted by Gasteiger charge is -2.03. The van der Waals surface area contributed by atoms with Crippen LogP contribution in [0.3, 0.4) is 0 Å². The molecule has 0 saturated carbocycles. The minimum atomic E-state index is -1.54. The molecule has 2 nitrogen and oxygen atoms in total. The molecule has 0 amide bonds. The zero-order chi connectivity index (χ0) is 13.8. The van der Waals surface area contributed by atoms with Gasteiger partial charge in [-0.2, -0.15) is 0 Å². The van der Waals surface area contributed by atoms with Gasteiger partial charge in [-0.05, 0) is 24.3 Å². The van der Waals surface area contributed by atoms with Gasteiger partial charge in [0.05, 0.1) is 22.1 Å². The van der Waals surface area contributed by atoms with Crippen molar-refractivity contribution in [2.24, 2.45) is 0 Å². The third-order valence-electron chi connectivity index (χ3n) is 2.50. The summed E-state index contributed by atoms with van der Waals surface area (Å²) in [5.74, 6) is -2.62. The maximum absolute atomic E-state index is 13.4. The summed E-state index contributed by atoms with van der Waals surface area (Å²) in [6.07, 6.45) is 0. The Kier molecular flexibility index (Phi) is 4.16. The number of ketones is 1. The van der Waals surface area contributed by atoms with Crippen molar-refractivity contribution in [3.05, 3.63) is 65.7 Å². The number of rotatable bonds is 4. The lowest BCUT2D eigenvalue weighted by Crippen LogP contribution is -2.13. The van der Waals surface area contributed by atoms with Crippen LogP contribution in [0.5, 0.6) is 0 Å². The molecule has 98 valence electrons. The van der Waals surface area contributed by atoms with E-state index in [1.54, 1.807) is 30.3 Å². The van der Waals surface area contributed by atoms with E-state index in [2.05, 4.69) is 0 Å². The molecule has 0 aliphatic heterocycles. The summed E-state index contributed by atoms with van der Waals surface area (Å²) in [4.78, 5) is 12.3. The summed E-state index contributed by atoms with van der Waals surface area (Å²) in [6, 6.07) is 11.1. The monoisotopic (exact) mass is 280 g/mol. The summed E-state index contributed by atoms with van der Waals surface area (Å²) in [6.45, 7) is 0. The second-order valence-corrected chi connectivity index (χ2v) is 5.30. The molecule has 2 aromatic rings. The Bertz CT molecular complexity index is 627.